The number of fused-ring (bicyclic) bond motifs is 1. The topological polar surface area (TPSA) is 62.8 Å². The zero-order valence-corrected chi connectivity index (χ0v) is 16.9. The molecule has 3 N–H and O–H groups in total. The first-order valence-corrected chi connectivity index (χ1v) is 9.93. The van der Waals surface area contributed by atoms with Crippen molar-refractivity contribution in [3.05, 3.63) is 114 Å². The second kappa shape index (κ2) is 9.16. The largest absolute Gasteiger partial charge is 0.388 e. The third kappa shape index (κ3) is 4.45. The van der Waals surface area contributed by atoms with Crippen molar-refractivity contribution in [3.8, 4) is 0 Å². The predicted octanol–water partition coefficient (Wildman–Crippen LogP) is 5.40. The van der Waals surface area contributed by atoms with Crippen molar-refractivity contribution in [2.24, 2.45) is 15.7 Å². The van der Waals surface area contributed by atoms with Crippen molar-refractivity contribution in [1.82, 2.24) is 0 Å². The van der Waals surface area contributed by atoms with Crippen molar-refractivity contribution in [3.63, 3.8) is 0 Å². The zero-order chi connectivity index (χ0) is 20.8. The molecule has 0 spiro atoms. The Bertz CT molecular complexity index is 1190. The molecular formula is C26H24N4. The number of amidine groups is 1. The van der Waals surface area contributed by atoms with Crippen molar-refractivity contribution < 1.29 is 0 Å². The zero-order valence-electron chi connectivity index (χ0n) is 16.9. The summed E-state index contributed by atoms with van der Waals surface area (Å²) in [6.45, 7) is 0. The molecule has 0 aliphatic rings. The van der Waals surface area contributed by atoms with E-state index >= 15 is 0 Å². The molecule has 1 atom stereocenters. The Morgan fingerprint density at radius 3 is 2.43 bits per heavy atom. The molecule has 0 aliphatic heterocycles. The van der Waals surface area contributed by atoms with Gasteiger partial charge in [-0.2, -0.15) is 0 Å². The Balaban J connectivity index is 1.76. The van der Waals surface area contributed by atoms with Crippen LogP contribution in [-0.2, 0) is 0 Å². The molecule has 0 amide bonds. The Morgan fingerprint density at radius 1 is 0.867 bits per heavy atom. The second-order valence-electron chi connectivity index (χ2n) is 6.97. The third-order valence-corrected chi connectivity index (χ3v) is 4.96. The van der Waals surface area contributed by atoms with Gasteiger partial charge in [-0.05, 0) is 28.5 Å². The molecule has 30 heavy (non-hydrogen) atoms. The van der Waals surface area contributed by atoms with Gasteiger partial charge in [-0.1, -0.05) is 84.9 Å². The van der Waals surface area contributed by atoms with Gasteiger partial charge in [0.1, 0.15) is 6.17 Å². The van der Waals surface area contributed by atoms with E-state index in [1.165, 1.54) is 5.39 Å². The van der Waals surface area contributed by atoms with E-state index in [9.17, 15) is 0 Å². The second-order valence-corrected chi connectivity index (χ2v) is 6.97. The summed E-state index contributed by atoms with van der Waals surface area (Å²) in [5, 5.41) is 5.50. The van der Waals surface area contributed by atoms with Gasteiger partial charge < -0.3 is 11.1 Å². The molecule has 0 fully saturated rings. The van der Waals surface area contributed by atoms with E-state index in [4.69, 9.17) is 15.7 Å². The normalized spacial score (nSPS) is 12.9. The number of hydrogen-bond donors (Lipinski definition) is 2. The summed E-state index contributed by atoms with van der Waals surface area (Å²) in [6, 6.07) is 32.3. The van der Waals surface area contributed by atoms with Gasteiger partial charge in [-0.25, -0.2) is 9.98 Å². The van der Waals surface area contributed by atoms with Gasteiger partial charge in [0.2, 0.25) is 0 Å². The Morgan fingerprint density at radius 2 is 1.60 bits per heavy atom. The minimum Gasteiger partial charge on any atom is -0.388 e. The monoisotopic (exact) mass is 392 g/mol. The molecule has 0 heterocycles. The molecule has 0 aliphatic carbocycles. The van der Waals surface area contributed by atoms with Crippen molar-refractivity contribution in [1.29, 1.82) is 0 Å². The predicted molar refractivity (Wildman–Crippen MR) is 127 cm³/mol. The smallest absolute Gasteiger partial charge is 0.156 e. The minimum absolute atomic E-state index is 0.496. The maximum Gasteiger partial charge on any atom is 0.156 e. The van der Waals surface area contributed by atoms with Crippen molar-refractivity contribution in [2.45, 2.75) is 6.17 Å². The molecule has 0 saturated heterocycles. The molecular weight excluding hydrogens is 368 g/mol. The van der Waals surface area contributed by atoms with Crippen LogP contribution in [0, 0.1) is 0 Å². The highest BCUT2D eigenvalue weighted by Crippen LogP contribution is 2.19. The van der Waals surface area contributed by atoms with Crippen LogP contribution in [0.5, 0.6) is 0 Å². The minimum atomic E-state index is -0.496. The van der Waals surface area contributed by atoms with Gasteiger partial charge in [0, 0.05) is 30.1 Å². The lowest BCUT2D eigenvalue weighted by molar-refractivity contribution is 0.775. The lowest BCUT2D eigenvalue weighted by atomic mass is 10.1. The average Bonchev–Trinajstić information content (AvgIpc) is 2.82. The number of benzene rings is 4. The van der Waals surface area contributed by atoms with Gasteiger partial charge >= 0.3 is 0 Å². The first kappa shape index (κ1) is 19.6. The lowest BCUT2D eigenvalue weighted by Crippen LogP contribution is -2.11. The lowest BCUT2D eigenvalue weighted by Gasteiger charge is -2.10. The number of rotatable bonds is 5. The van der Waals surface area contributed by atoms with E-state index in [2.05, 4.69) is 29.6 Å². The van der Waals surface area contributed by atoms with Crippen LogP contribution >= 0.6 is 0 Å². The van der Waals surface area contributed by atoms with Gasteiger partial charge in [0.05, 0.1) is 0 Å². The third-order valence-electron chi connectivity index (χ3n) is 4.96. The summed E-state index contributed by atoms with van der Waals surface area (Å²) in [5.74, 6) is 0.594. The molecule has 0 radical (unpaired) electrons. The first-order chi connectivity index (χ1) is 14.7. The quantitative estimate of drug-likeness (QED) is 0.353. The number of aliphatic imine (C=N–C) groups is 2. The van der Waals surface area contributed by atoms with E-state index in [0.717, 1.165) is 27.8 Å². The number of nitrogens with zero attached hydrogens (tertiary/aromatic N) is 2. The fraction of sp³-hybridized carbons (Fsp3) is 0.0769. The maximum absolute atomic E-state index is 6.39. The summed E-state index contributed by atoms with van der Waals surface area (Å²) in [5.41, 5.74) is 10.3. The van der Waals surface area contributed by atoms with Crippen LogP contribution in [0.4, 0.5) is 5.69 Å². The van der Waals surface area contributed by atoms with Crippen LogP contribution in [0.1, 0.15) is 22.9 Å². The highest BCUT2D eigenvalue weighted by Gasteiger charge is 2.09. The molecule has 0 aromatic heterocycles. The Kier molecular flexibility index (Phi) is 5.97. The fourth-order valence-electron chi connectivity index (χ4n) is 3.35. The van der Waals surface area contributed by atoms with Crippen molar-refractivity contribution >= 4 is 28.5 Å². The van der Waals surface area contributed by atoms with E-state index in [1.807, 2.05) is 86.1 Å². The molecule has 4 aromatic rings. The number of hydrogen-bond acceptors (Lipinski definition) is 3. The van der Waals surface area contributed by atoms with Gasteiger partial charge in [-0.3, -0.25) is 0 Å². The molecule has 4 heteroatoms. The number of nitrogens with two attached hydrogens (primary N) is 1. The summed E-state index contributed by atoms with van der Waals surface area (Å²) in [6.07, 6.45) is 1.37. The Hall–Kier alpha value is -3.76. The Labute approximate surface area is 176 Å². The summed E-state index contributed by atoms with van der Waals surface area (Å²) in [7, 11) is 1.89. The summed E-state index contributed by atoms with van der Waals surface area (Å²) >= 11 is 0. The van der Waals surface area contributed by atoms with Crippen molar-refractivity contribution in [2.75, 3.05) is 12.4 Å². The van der Waals surface area contributed by atoms with E-state index in [0.29, 0.717) is 5.84 Å². The number of nitrogens with one attached hydrogen (secondary N) is 1. The van der Waals surface area contributed by atoms with E-state index in [1.54, 1.807) is 0 Å². The fourth-order valence-corrected chi connectivity index (χ4v) is 3.35. The average molecular weight is 393 g/mol. The molecule has 4 aromatic carbocycles. The van der Waals surface area contributed by atoms with Crippen LogP contribution in [0.15, 0.2) is 107 Å². The standard InChI is InChI=1S/C26H24N4/c1-28-23-15-8-13-21(17-23)26(30-25(27)20-10-3-2-4-11-20)29-18-22-14-7-12-19-9-5-6-16-24(19)22/h2-18,25,28H,27H2,1H3/b29-18-,30-26-. The van der Waals surface area contributed by atoms with E-state index in [-0.39, 0.29) is 0 Å². The SMILES string of the molecule is CNc1cccc(C(/N=C\c2cccc3ccccc23)=N/C(N)c2ccccc2)c1. The summed E-state index contributed by atoms with van der Waals surface area (Å²) < 4.78 is 0. The molecule has 0 bridgehead atoms. The van der Waals surface area contributed by atoms with Crippen LogP contribution < -0.4 is 11.1 Å². The molecule has 4 rings (SSSR count). The van der Waals surface area contributed by atoms with Crippen LogP contribution in [0.25, 0.3) is 10.8 Å². The van der Waals surface area contributed by atoms with Crippen LogP contribution in [0.3, 0.4) is 0 Å². The van der Waals surface area contributed by atoms with Gasteiger partial charge in [-0.15, -0.1) is 0 Å². The van der Waals surface area contributed by atoms with Gasteiger partial charge in [0.15, 0.2) is 5.84 Å². The first-order valence-electron chi connectivity index (χ1n) is 9.93. The number of anilines is 1. The van der Waals surface area contributed by atoms with Gasteiger partial charge in [0.25, 0.3) is 0 Å². The summed E-state index contributed by atoms with van der Waals surface area (Å²) in [4.78, 5) is 9.53. The highest BCUT2D eigenvalue weighted by molar-refractivity contribution is 6.09. The van der Waals surface area contributed by atoms with E-state index < -0.39 is 6.17 Å². The molecule has 4 nitrogen and oxygen atoms in total. The van der Waals surface area contributed by atoms with Crippen LogP contribution in [-0.4, -0.2) is 19.1 Å². The highest BCUT2D eigenvalue weighted by atomic mass is 15.0. The molecule has 0 saturated carbocycles. The molecule has 1 unspecified atom stereocenters. The maximum atomic E-state index is 6.39. The molecule has 148 valence electrons. The van der Waals surface area contributed by atoms with Crippen LogP contribution in [0.2, 0.25) is 0 Å².